The molecule has 1 unspecified atom stereocenters. The number of hydrogen-bond donors (Lipinski definition) is 2. The lowest BCUT2D eigenvalue weighted by Gasteiger charge is -2.15. The number of benzene rings is 1. The van der Waals surface area contributed by atoms with Crippen molar-refractivity contribution in [3.63, 3.8) is 0 Å². The zero-order valence-corrected chi connectivity index (χ0v) is 9.06. The first-order valence-corrected chi connectivity index (χ1v) is 4.97. The Hall–Kier alpha value is -1.44. The van der Waals surface area contributed by atoms with Crippen LogP contribution in [0, 0.1) is 23.5 Å². The molecule has 0 aliphatic carbocycles. The molecule has 86 valence electrons. The number of nitrogens with two attached hydrogens (primary N) is 1. The number of halogens is 2. The smallest absolute Gasteiger partial charge is 0.159 e. The first-order chi connectivity index (χ1) is 7.69. The molecule has 0 radical (unpaired) electrons. The van der Waals surface area contributed by atoms with Crippen molar-refractivity contribution in [2.24, 2.45) is 5.73 Å². The van der Waals surface area contributed by atoms with E-state index in [0.29, 0.717) is 18.7 Å². The van der Waals surface area contributed by atoms with Gasteiger partial charge in [0.1, 0.15) is 0 Å². The summed E-state index contributed by atoms with van der Waals surface area (Å²) in [5.74, 6) is 3.84. The molecule has 4 heteroatoms. The fourth-order valence-corrected chi connectivity index (χ4v) is 1.33. The monoisotopic (exact) mass is 224 g/mol. The van der Waals surface area contributed by atoms with Gasteiger partial charge in [-0.2, -0.15) is 0 Å². The second-order valence-electron chi connectivity index (χ2n) is 3.27. The highest BCUT2D eigenvalue weighted by molar-refractivity contribution is 5.22. The lowest BCUT2D eigenvalue weighted by molar-refractivity contribution is 0.500. The van der Waals surface area contributed by atoms with E-state index in [9.17, 15) is 8.78 Å². The summed E-state index contributed by atoms with van der Waals surface area (Å²) in [6.07, 6.45) is 0. The second kappa shape index (κ2) is 6.21. The fraction of sp³-hybridized carbons (Fsp3) is 0.333. The van der Waals surface area contributed by atoms with E-state index in [1.807, 2.05) is 0 Å². The Morgan fingerprint density at radius 3 is 2.69 bits per heavy atom. The average molecular weight is 224 g/mol. The first-order valence-electron chi connectivity index (χ1n) is 4.97. The van der Waals surface area contributed by atoms with E-state index in [0.717, 1.165) is 12.1 Å². The van der Waals surface area contributed by atoms with Crippen molar-refractivity contribution < 1.29 is 8.78 Å². The standard InChI is InChI=1S/C12H14F2N2/c1-2-3-6-16-12(8-15)9-4-5-10(13)11(14)7-9/h4-5,7,12,16H,6,8,15H2,1H3. The lowest BCUT2D eigenvalue weighted by atomic mass is 10.1. The van der Waals surface area contributed by atoms with Crippen LogP contribution in [0.1, 0.15) is 18.5 Å². The quantitative estimate of drug-likeness (QED) is 0.762. The van der Waals surface area contributed by atoms with Crippen molar-refractivity contribution in [2.75, 3.05) is 13.1 Å². The van der Waals surface area contributed by atoms with E-state index < -0.39 is 11.6 Å². The van der Waals surface area contributed by atoms with Gasteiger partial charge in [0.2, 0.25) is 0 Å². The van der Waals surface area contributed by atoms with Crippen LogP contribution in [-0.2, 0) is 0 Å². The minimum absolute atomic E-state index is 0.212. The van der Waals surface area contributed by atoms with Gasteiger partial charge in [0.15, 0.2) is 11.6 Å². The van der Waals surface area contributed by atoms with E-state index in [4.69, 9.17) is 5.73 Å². The molecule has 0 bridgehead atoms. The molecule has 16 heavy (non-hydrogen) atoms. The molecule has 0 saturated carbocycles. The lowest BCUT2D eigenvalue weighted by Crippen LogP contribution is -2.28. The molecule has 0 aliphatic heterocycles. The van der Waals surface area contributed by atoms with Crippen molar-refractivity contribution in [1.29, 1.82) is 0 Å². The van der Waals surface area contributed by atoms with E-state index in [1.165, 1.54) is 6.07 Å². The average Bonchev–Trinajstić information content (AvgIpc) is 2.29. The Kier molecular flexibility index (Phi) is 4.90. The Morgan fingerprint density at radius 2 is 2.12 bits per heavy atom. The van der Waals surface area contributed by atoms with Crippen LogP contribution in [0.15, 0.2) is 18.2 Å². The highest BCUT2D eigenvalue weighted by Crippen LogP contribution is 2.15. The van der Waals surface area contributed by atoms with Crippen LogP contribution in [0.3, 0.4) is 0 Å². The summed E-state index contributed by atoms with van der Waals surface area (Å²) < 4.78 is 25.7. The van der Waals surface area contributed by atoms with Gasteiger partial charge in [0.05, 0.1) is 6.54 Å². The molecular formula is C12H14F2N2. The molecule has 2 nitrogen and oxygen atoms in total. The van der Waals surface area contributed by atoms with Crippen molar-refractivity contribution in [2.45, 2.75) is 13.0 Å². The number of rotatable bonds is 4. The Labute approximate surface area is 93.8 Å². The molecule has 0 fully saturated rings. The molecule has 3 N–H and O–H groups in total. The third-order valence-electron chi connectivity index (χ3n) is 2.20. The largest absolute Gasteiger partial charge is 0.329 e. The predicted octanol–water partition coefficient (Wildman–Crippen LogP) is 1.58. The van der Waals surface area contributed by atoms with Crippen molar-refractivity contribution >= 4 is 0 Å². The van der Waals surface area contributed by atoms with E-state index in [2.05, 4.69) is 17.2 Å². The van der Waals surface area contributed by atoms with Crippen molar-refractivity contribution in [3.05, 3.63) is 35.4 Å². The molecule has 1 rings (SSSR count). The maximum absolute atomic E-state index is 13.0. The van der Waals surface area contributed by atoms with Crippen LogP contribution in [0.2, 0.25) is 0 Å². The van der Waals surface area contributed by atoms with E-state index in [-0.39, 0.29) is 6.04 Å². The summed E-state index contributed by atoms with van der Waals surface area (Å²) >= 11 is 0. The summed E-state index contributed by atoms with van der Waals surface area (Å²) in [4.78, 5) is 0. The Bertz CT molecular complexity index is 407. The minimum Gasteiger partial charge on any atom is -0.329 e. The molecule has 1 atom stereocenters. The fourth-order valence-electron chi connectivity index (χ4n) is 1.33. The van der Waals surface area contributed by atoms with Crippen LogP contribution >= 0.6 is 0 Å². The number of hydrogen-bond acceptors (Lipinski definition) is 2. The van der Waals surface area contributed by atoms with Gasteiger partial charge in [-0.15, -0.1) is 5.92 Å². The van der Waals surface area contributed by atoms with Gasteiger partial charge in [0, 0.05) is 12.6 Å². The minimum atomic E-state index is -0.862. The van der Waals surface area contributed by atoms with Crippen LogP contribution in [0.25, 0.3) is 0 Å². The highest BCUT2D eigenvalue weighted by atomic mass is 19.2. The van der Waals surface area contributed by atoms with E-state index >= 15 is 0 Å². The van der Waals surface area contributed by atoms with Crippen LogP contribution in [0.5, 0.6) is 0 Å². The topological polar surface area (TPSA) is 38.0 Å². The third kappa shape index (κ3) is 3.30. The third-order valence-corrected chi connectivity index (χ3v) is 2.20. The van der Waals surface area contributed by atoms with Gasteiger partial charge in [-0.25, -0.2) is 8.78 Å². The van der Waals surface area contributed by atoms with Gasteiger partial charge < -0.3 is 5.73 Å². The van der Waals surface area contributed by atoms with Crippen LogP contribution in [0.4, 0.5) is 8.78 Å². The van der Waals surface area contributed by atoms with Gasteiger partial charge in [-0.3, -0.25) is 5.32 Å². The molecule has 0 amide bonds. The molecular weight excluding hydrogens is 210 g/mol. The summed E-state index contributed by atoms with van der Waals surface area (Å²) in [7, 11) is 0. The van der Waals surface area contributed by atoms with Gasteiger partial charge in [0.25, 0.3) is 0 Å². The Morgan fingerprint density at radius 1 is 1.38 bits per heavy atom. The zero-order chi connectivity index (χ0) is 12.0. The Balaban J connectivity index is 2.77. The summed E-state index contributed by atoms with van der Waals surface area (Å²) in [5.41, 5.74) is 6.17. The van der Waals surface area contributed by atoms with Crippen molar-refractivity contribution in [3.8, 4) is 11.8 Å². The van der Waals surface area contributed by atoms with Gasteiger partial charge >= 0.3 is 0 Å². The van der Waals surface area contributed by atoms with Crippen LogP contribution < -0.4 is 11.1 Å². The maximum atomic E-state index is 13.0. The zero-order valence-electron chi connectivity index (χ0n) is 9.06. The van der Waals surface area contributed by atoms with Crippen LogP contribution in [-0.4, -0.2) is 13.1 Å². The molecule has 0 saturated heterocycles. The highest BCUT2D eigenvalue weighted by Gasteiger charge is 2.10. The van der Waals surface area contributed by atoms with Gasteiger partial charge in [-0.05, 0) is 24.6 Å². The second-order valence-corrected chi connectivity index (χ2v) is 3.27. The SMILES string of the molecule is CC#CCNC(CN)c1ccc(F)c(F)c1. The van der Waals surface area contributed by atoms with Crippen molar-refractivity contribution in [1.82, 2.24) is 5.32 Å². The summed E-state index contributed by atoms with van der Waals surface area (Å²) in [6.45, 7) is 2.50. The molecule has 0 spiro atoms. The molecule has 1 aromatic carbocycles. The normalized spacial score (nSPS) is 11.8. The van der Waals surface area contributed by atoms with E-state index in [1.54, 1.807) is 6.92 Å². The maximum Gasteiger partial charge on any atom is 0.159 e. The number of nitrogens with one attached hydrogen (secondary N) is 1. The van der Waals surface area contributed by atoms with Gasteiger partial charge in [-0.1, -0.05) is 12.0 Å². The molecule has 0 aliphatic rings. The first kappa shape index (κ1) is 12.6. The summed E-state index contributed by atoms with van der Waals surface area (Å²) in [5, 5.41) is 3.05. The molecule has 1 aromatic rings. The predicted molar refractivity (Wildman–Crippen MR) is 59.6 cm³/mol. The summed E-state index contributed by atoms with van der Waals surface area (Å²) in [6, 6.07) is 3.55. The molecule has 0 heterocycles. The molecule has 0 aromatic heterocycles.